The van der Waals surface area contributed by atoms with Crippen LogP contribution >= 0.6 is 11.3 Å². The number of halogens is 3. The molecule has 0 aromatic carbocycles. The minimum atomic E-state index is -4.86. The molecule has 0 saturated heterocycles. The lowest BCUT2D eigenvalue weighted by Gasteiger charge is -2.12. The monoisotopic (exact) mass is 437 g/mol. The van der Waals surface area contributed by atoms with Gasteiger partial charge in [-0.25, -0.2) is 14.5 Å². The first-order valence-corrected chi connectivity index (χ1v) is 9.68. The molecule has 6 nitrogen and oxygen atoms in total. The van der Waals surface area contributed by atoms with E-state index in [1.165, 1.54) is 30.4 Å². The molecule has 1 N–H and O–H groups in total. The van der Waals surface area contributed by atoms with Crippen molar-refractivity contribution in [1.82, 2.24) is 14.8 Å². The average molecular weight is 437 g/mol. The van der Waals surface area contributed by atoms with Gasteiger partial charge in [-0.2, -0.15) is 18.3 Å². The van der Waals surface area contributed by atoms with E-state index in [1.54, 1.807) is 12.1 Å². The van der Waals surface area contributed by atoms with Crippen molar-refractivity contribution in [1.29, 1.82) is 0 Å². The van der Waals surface area contributed by atoms with Crippen molar-refractivity contribution >= 4 is 22.9 Å². The summed E-state index contributed by atoms with van der Waals surface area (Å²) in [6.07, 6.45) is -4.04. The number of nitrogens with zero attached hydrogens (tertiary/aromatic N) is 3. The maximum atomic E-state index is 13.7. The number of aliphatic hydroxyl groups excluding tert-OH is 1. The number of aliphatic hydroxyl groups is 1. The summed E-state index contributed by atoms with van der Waals surface area (Å²) in [5, 5.41) is 13.4. The van der Waals surface area contributed by atoms with Crippen LogP contribution in [0.3, 0.4) is 0 Å². The maximum absolute atomic E-state index is 13.7. The normalized spacial score (nSPS) is 11.5. The number of pyridine rings is 1. The lowest BCUT2D eigenvalue weighted by atomic mass is 10.1. The first-order chi connectivity index (χ1) is 14.2. The van der Waals surface area contributed by atoms with E-state index in [0.29, 0.717) is 20.8 Å². The fraction of sp³-hybridized carbons (Fsp3) is 0.250. The van der Waals surface area contributed by atoms with Crippen LogP contribution in [-0.2, 0) is 17.5 Å². The summed E-state index contributed by atoms with van der Waals surface area (Å²) in [6, 6.07) is 6.28. The number of alkyl halides is 3. The molecule has 30 heavy (non-hydrogen) atoms. The predicted octanol–water partition coefficient (Wildman–Crippen LogP) is 4.72. The first-order valence-electron chi connectivity index (χ1n) is 8.87. The van der Waals surface area contributed by atoms with Crippen LogP contribution in [0.5, 0.6) is 0 Å². The molecule has 0 aliphatic carbocycles. The third kappa shape index (κ3) is 4.14. The van der Waals surface area contributed by atoms with E-state index >= 15 is 0 Å². The minimum absolute atomic E-state index is 0.0670. The van der Waals surface area contributed by atoms with Gasteiger partial charge in [-0.3, -0.25) is 0 Å². The zero-order valence-electron chi connectivity index (χ0n) is 16.2. The third-order valence-corrected chi connectivity index (χ3v) is 5.48. The maximum Gasteiger partial charge on any atom is 0.434 e. The Bertz CT molecular complexity index is 1100. The molecular formula is C20H18F3N3O3S. The Kier molecular flexibility index (Phi) is 6.09. The fourth-order valence-electron chi connectivity index (χ4n) is 2.79. The minimum Gasteiger partial charge on any atom is -0.462 e. The SMILES string of the molecule is C=C(C)c1cc(CO)c(-c2cccc(-n3ncc(C(=O)OCC)c3C(F)(F)F)n2)s1. The summed E-state index contributed by atoms with van der Waals surface area (Å²) in [6.45, 7) is 6.86. The Morgan fingerprint density at radius 1 is 1.37 bits per heavy atom. The van der Waals surface area contributed by atoms with Crippen molar-refractivity contribution in [3.8, 4) is 16.4 Å². The molecule has 0 atom stereocenters. The van der Waals surface area contributed by atoms with Gasteiger partial charge in [-0.05, 0) is 43.2 Å². The number of ether oxygens (including phenoxy) is 1. The highest BCUT2D eigenvalue weighted by Gasteiger charge is 2.41. The second-order valence-corrected chi connectivity index (χ2v) is 7.37. The van der Waals surface area contributed by atoms with Crippen LogP contribution in [0.15, 0.2) is 37.0 Å². The Morgan fingerprint density at radius 2 is 2.10 bits per heavy atom. The molecule has 3 aromatic heterocycles. The summed E-state index contributed by atoms with van der Waals surface area (Å²) in [5.74, 6) is -1.23. The number of hydrogen-bond donors (Lipinski definition) is 1. The van der Waals surface area contributed by atoms with Crippen molar-refractivity contribution < 1.29 is 27.8 Å². The lowest BCUT2D eigenvalue weighted by Crippen LogP contribution is -2.19. The molecule has 0 radical (unpaired) electrons. The number of carbonyl (C=O) groups is 1. The highest BCUT2D eigenvalue weighted by molar-refractivity contribution is 7.16. The van der Waals surface area contributed by atoms with E-state index in [1.807, 2.05) is 6.92 Å². The summed E-state index contributed by atoms with van der Waals surface area (Å²) in [5.41, 5.74) is -0.195. The quantitative estimate of drug-likeness (QED) is 0.565. The zero-order chi connectivity index (χ0) is 22.1. The van der Waals surface area contributed by atoms with Crippen LogP contribution in [0.2, 0.25) is 0 Å². The molecule has 3 rings (SSSR count). The molecule has 158 valence electrons. The van der Waals surface area contributed by atoms with Crippen LogP contribution in [-0.4, -0.2) is 32.4 Å². The van der Waals surface area contributed by atoms with E-state index in [9.17, 15) is 23.1 Å². The first kappa shape index (κ1) is 21.7. The van der Waals surface area contributed by atoms with E-state index in [4.69, 9.17) is 4.74 Å². The topological polar surface area (TPSA) is 77.2 Å². The highest BCUT2D eigenvalue weighted by atomic mass is 32.1. The second-order valence-electron chi connectivity index (χ2n) is 6.32. The van der Waals surface area contributed by atoms with Crippen LogP contribution in [0.1, 0.15) is 40.3 Å². The van der Waals surface area contributed by atoms with Gasteiger partial charge in [-0.1, -0.05) is 12.6 Å². The second kappa shape index (κ2) is 8.41. The average Bonchev–Trinajstić information content (AvgIpc) is 3.33. The number of rotatable bonds is 6. The molecular weight excluding hydrogens is 419 g/mol. The molecule has 0 saturated carbocycles. The van der Waals surface area contributed by atoms with Gasteiger partial charge in [0, 0.05) is 4.88 Å². The smallest absolute Gasteiger partial charge is 0.434 e. The number of carbonyl (C=O) groups excluding carboxylic acids is 1. The fourth-order valence-corrected chi connectivity index (χ4v) is 3.86. The van der Waals surface area contributed by atoms with Gasteiger partial charge in [0.15, 0.2) is 11.5 Å². The molecule has 3 heterocycles. The van der Waals surface area contributed by atoms with Gasteiger partial charge in [0.05, 0.1) is 30.0 Å². The van der Waals surface area contributed by atoms with Crippen LogP contribution < -0.4 is 0 Å². The van der Waals surface area contributed by atoms with E-state index in [2.05, 4.69) is 16.7 Å². The third-order valence-electron chi connectivity index (χ3n) is 4.12. The zero-order valence-corrected chi connectivity index (χ0v) is 17.0. The molecule has 0 unspecified atom stereocenters. The summed E-state index contributed by atoms with van der Waals surface area (Å²) in [7, 11) is 0. The number of thiophene rings is 1. The molecule has 0 fully saturated rings. The lowest BCUT2D eigenvalue weighted by molar-refractivity contribution is -0.143. The predicted molar refractivity (Wildman–Crippen MR) is 106 cm³/mol. The number of allylic oxidation sites excluding steroid dienone is 1. The van der Waals surface area contributed by atoms with Gasteiger partial charge >= 0.3 is 12.1 Å². The number of esters is 1. The van der Waals surface area contributed by atoms with Gasteiger partial charge in [0.1, 0.15) is 5.56 Å². The van der Waals surface area contributed by atoms with Crippen molar-refractivity contribution in [3.63, 3.8) is 0 Å². The van der Waals surface area contributed by atoms with Gasteiger partial charge in [-0.15, -0.1) is 11.3 Å². The molecule has 0 spiro atoms. The largest absolute Gasteiger partial charge is 0.462 e. The van der Waals surface area contributed by atoms with E-state index < -0.39 is 23.4 Å². The van der Waals surface area contributed by atoms with Gasteiger partial charge in [0.25, 0.3) is 0 Å². The molecule has 3 aromatic rings. The standard InChI is InChI=1S/C20H18F3N3O3S/c1-4-29-19(28)13-9-24-26(18(13)20(21,22)23)16-7-5-6-14(25-16)17-12(10-27)8-15(30-17)11(2)3/h5-9,27H,2,4,10H2,1,3H3. The molecule has 0 aliphatic heterocycles. The summed E-state index contributed by atoms with van der Waals surface area (Å²) in [4.78, 5) is 17.7. The summed E-state index contributed by atoms with van der Waals surface area (Å²) >= 11 is 1.33. The van der Waals surface area contributed by atoms with Crippen molar-refractivity contribution in [2.24, 2.45) is 0 Å². The Balaban J connectivity index is 2.14. The van der Waals surface area contributed by atoms with Crippen LogP contribution in [0.4, 0.5) is 13.2 Å². The van der Waals surface area contributed by atoms with Crippen molar-refractivity contribution in [2.45, 2.75) is 26.6 Å². The van der Waals surface area contributed by atoms with Crippen molar-refractivity contribution in [2.75, 3.05) is 6.61 Å². The van der Waals surface area contributed by atoms with Crippen LogP contribution in [0, 0.1) is 0 Å². The molecule has 0 amide bonds. The molecule has 10 heteroatoms. The van der Waals surface area contributed by atoms with Gasteiger partial charge < -0.3 is 9.84 Å². The summed E-state index contributed by atoms with van der Waals surface area (Å²) < 4.78 is 46.5. The van der Waals surface area contributed by atoms with Gasteiger partial charge in [0.2, 0.25) is 0 Å². The van der Waals surface area contributed by atoms with Crippen LogP contribution in [0.25, 0.3) is 22.0 Å². The number of aromatic nitrogens is 3. The Morgan fingerprint density at radius 3 is 2.70 bits per heavy atom. The number of hydrogen-bond acceptors (Lipinski definition) is 6. The van der Waals surface area contributed by atoms with Crippen molar-refractivity contribution in [3.05, 3.63) is 58.7 Å². The molecule has 0 aliphatic rings. The molecule has 0 bridgehead atoms. The Hall–Kier alpha value is -2.98. The Labute approximate surface area is 174 Å². The van der Waals surface area contributed by atoms with E-state index in [0.717, 1.165) is 16.6 Å². The van der Waals surface area contributed by atoms with E-state index in [-0.39, 0.29) is 19.0 Å². The highest BCUT2D eigenvalue weighted by Crippen LogP contribution is 2.37.